The Balaban J connectivity index is 1.42. The lowest BCUT2D eigenvalue weighted by Crippen LogP contribution is -2.55. The first-order valence-corrected chi connectivity index (χ1v) is 14.2. The third-order valence-corrected chi connectivity index (χ3v) is 10.1. The number of fused-ring (bicyclic) bond motifs is 4. The van der Waals surface area contributed by atoms with Gasteiger partial charge in [0.15, 0.2) is 0 Å². The molecule has 7 nitrogen and oxygen atoms in total. The van der Waals surface area contributed by atoms with Crippen LogP contribution in [0, 0.1) is 5.92 Å². The van der Waals surface area contributed by atoms with Crippen LogP contribution in [0.5, 0.6) is 0 Å². The Bertz CT molecular complexity index is 1370. The number of halogens is 1. The number of aromatic nitrogens is 1. The lowest BCUT2D eigenvalue weighted by molar-refractivity contribution is -0.135. The Labute approximate surface area is 210 Å². The highest BCUT2D eigenvalue weighted by Gasteiger charge is 2.39. The molecule has 1 saturated heterocycles. The number of hydrogen-bond donors (Lipinski definition) is 1. The Hall–Kier alpha value is -2.27. The zero-order valence-corrected chi connectivity index (χ0v) is 21.5. The molecule has 0 radical (unpaired) electrons. The second kappa shape index (κ2) is 9.41. The summed E-state index contributed by atoms with van der Waals surface area (Å²) >= 11 is 4.42. The van der Waals surface area contributed by atoms with Crippen LogP contribution in [0.15, 0.2) is 73.5 Å². The van der Waals surface area contributed by atoms with Gasteiger partial charge in [0.25, 0.3) is 15.6 Å². The molecule has 0 spiro atoms. The summed E-state index contributed by atoms with van der Waals surface area (Å²) in [5.74, 6) is -0.00500. The van der Waals surface area contributed by atoms with Crippen molar-refractivity contribution in [2.75, 3.05) is 13.1 Å². The maximum absolute atomic E-state index is 13.8. The molecule has 2 aliphatic rings. The summed E-state index contributed by atoms with van der Waals surface area (Å²) in [5, 5.41) is 0. The van der Waals surface area contributed by atoms with Crippen LogP contribution in [0.25, 0.3) is 0 Å². The number of sulfonamides is 1. The van der Waals surface area contributed by atoms with E-state index in [1.807, 2.05) is 41.0 Å². The van der Waals surface area contributed by atoms with E-state index < -0.39 is 16.1 Å². The molecular weight excluding hydrogens is 538 g/mol. The van der Waals surface area contributed by atoms with Gasteiger partial charge in [0.05, 0.1) is 3.79 Å². The topological polar surface area (TPSA) is 88.5 Å². The highest BCUT2D eigenvalue weighted by Crippen LogP contribution is 2.35. The smallest absolute Gasteiger partial charge is 0.250 e. The van der Waals surface area contributed by atoms with E-state index >= 15 is 0 Å². The summed E-state index contributed by atoms with van der Waals surface area (Å²) in [6.45, 7) is 1.55. The molecule has 4 heterocycles. The molecule has 0 unspecified atom stereocenters. The van der Waals surface area contributed by atoms with Crippen LogP contribution in [0.2, 0.25) is 0 Å². The van der Waals surface area contributed by atoms with Crippen molar-refractivity contribution in [1.29, 1.82) is 0 Å². The number of carbonyl (C=O) groups is 1. The number of nitrogens with one attached hydrogen (secondary N) is 1. The second-order valence-corrected chi connectivity index (χ2v) is 13.3. The maximum atomic E-state index is 13.8. The molecule has 2 bridgehead atoms. The normalized spacial score (nSPS) is 20.6. The van der Waals surface area contributed by atoms with Crippen molar-refractivity contribution in [1.82, 2.24) is 14.2 Å². The third-order valence-electron chi connectivity index (χ3n) is 6.48. The van der Waals surface area contributed by atoms with E-state index in [1.165, 1.54) is 6.07 Å². The van der Waals surface area contributed by atoms with E-state index in [9.17, 15) is 18.0 Å². The Kier molecular flexibility index (Phi) is 6.49. The molecule has 1 fully saturated rings. The minimum absolute atomic E-state index is 0.0104. The fraction of sp³-hybridized carbons (Fsp3) is 0.333. The highest BCUT2D eigenvalue weighted by atomic mass is 79.9. The number of rotatable bonds is 6. The third kappa shape index (κ3) is 4.77. The largest absolute Gasteiger partial charge is 0.340 e. The first-order valence-electron chi connectivity index (χ1n) is 11.1. The number of thiophene rings is 1. The van der Waals surface area contributed by atoms with Crippen LogP contribution in [0.3, 0.4) is 0 Å². The number of piperidine rings is 1. The van der Waals surface area contributed by atoms with Gasteiger partial charge in [0, 0.05) is 37.3 Å². The van der Waals surface area contributed by atoms with Gasteiger partial charge in [-0.3, -0.25) is 9.59 Å². The molecule has 1 aromatic carbocycles. The number of nitrogens with zero attached hydrogens (tertiary/aromatic N) is 2. The molecule has 178 valence electrons. The number of hydrogen-bond acceptors (Lipinski definition) is 5. The summed E-state index contributed by atoms with van der Waals surface area (Å²) in [6.07, 6.45) is 1.18. The standard InChI is InChI=1S/C24H24BrN3O4S2/c25-21-9-10-23(33-21)34(31,32)26-19(12-16-5-2-1-3-6-16)24(30)27-13-17-11-18(15-27)20-7-4-8-22(29)28(20)14-17/h1-10,17-19,26H,11-15H2/t17-,18+,19+/m1/s1. The zero-order chi connectivity index (χ0) is 23.9. The Morgan fingerprint density at radius 1 is 1.06 bits per heavy atom. The van der Waals surface area contributed by atoms with Crippen LogP contribution < -0.4 is 10.3 Å². The van der Waals surface area contributed by atoms with Crippen LogP contribution in [0.1, 0.15) is 23.6 Å². The van der Waals surface area contributed by atoms with E-state index in [-0.39, 0.29) is 33.9 Å². The van der Waals surface area contributed by atoms with Gasteiger partial charge in [0.2, 0.25) is 5.91 Å². The highest BCUT2D eigenvalue weighted by molar-refractivity contribution is 9.11. The van der Waals surface area contributed by atoms with E-state index in [1.54, 1.807) is 23.1 Å². The van der Waals surface area contributed by atoms with E-state index in [4.69, 9.17) is 0 Å². The molecule has 3 atom stereocenters. The van der Waals surface area contributed by atoms with Crippen molar-refractivity contribution in [3.05, 3.63) is 86.1 Å². The molecule has 3 aromatic rings. The minimum Gasteiger partial charge on any atom is -0.340 e. The van der Waals surface area contributed by atoms with Crippen LogP contribution in [0.4, 0.5) is 0 Å². The average Bonchev–Trinajstić information content (AvgIpc) is 3.27. The van der Waals surface area contributed by atoms with Crippen molar-refractivity contribution in [2.24, 2.45) is 5.92 Å². The van der Waals surface area contributed by atoms with Crippen molar-refractivity contribution in [3.8, 4) is 0 Å². The summed E-state index contributed by atoms with van der Waals surface area (Å²) in [6, 6.07) is 17.0. The van der Waals surface area contributed by atoms with E-state index in [0.29, 0.717) is 23.4 Å². The number of benzene rings is 1. The fourth-order valence-corrected chi connectivity index (χ4v) is 8.23. The molecule has 1 N–H and O–H groups in total. The first-order chi connectivity index (χ1) is 16.3. The summed E-state index contributed by atoms with van der Waals surface area (Å²) in [5.41, 5.74) is 1.82. The van der Waals surface area contributed by atoms with Crippen LogP contribution >= 0.6 is 27.3 Å². The second-order valence-electron chi connectivity index (χ2n) is 8.86. The molecule has 34 heavy (non-hydrogen) atoms. The van der Waals surface area contributed by atoms with Gasteiger partial charge >= 0.3 is 0 Å². The lowest BCUT2D eigenvalue weighted by Gasteiger charge is -2.43. The number of carbonyl (C=O) groups excluding carboxylic acids is 1. The van der Waals surface area contributed by atoms with Crippen LogP contribution in [-0.2, 0) is 27.8 Å². The average molecular weight is 563 g/mol. The van der Waals surface area contributed by atoms with Crippen molar-refractivity contribution in [2.45, 2.75) is 35.6 Å². The molecule has 0 aliphatic carbocycles. The molecular formula is C24H24BrN3O4S2. The molecule has 5 rings (SSSR count). The molecule has 10 heteroatoms. The minimum atomic E-state index is -3.87. The lowest BCUT2D eigenvalue weighted by atomic mass is 9.83. The van der Waals surface area contributed by atoms with Gasteiger partial charge in [0.1, 0.15) is 10.3 Å². The van der Waals surface area contributed by atoms with Gasteiger partial charge in [-0.25, -0.2) is 8.42 Å². The molecule has 1 amide bonds. The predicted molar refractivity (Wildman–Crippen MR) is 134 cm³/mol. The van der Waals surface area contributed by atoms with Crippen molar-refractivity contribution >= 4 is 43.2 Å². The molecule has 2 aromatic heterocycles. The Morgan fingerprint density at radius 3 is 2.59 bits per heavy atom. The Morgan fingerprint density at radius 2 is 1.85 bits per heavy atom. The first kappa shape index (κ1) is 23.5. The number of amides is 1. The monoisotopic (exact) mass is 561 g/mol. The van der Waals surface area contributed by atoms with Gasteiger partial charge in [-0.15, -0.1) is 11.3 Å². The predicted octanol–water partition coefficient (Wildman–Crippen LogP) is 3.21. The van der Waals surface area contributed by atoms with Crippen molar-refractivity contribution < 1.29 is 13.2 Å². The van der Waals surface area contributed by atoms with Gasteiger partial charge in [-0.05, 0) is 58.5 Å². The van der Waals surface area contributed by atoms with Crippen LogP contribution in [-0.4, -0.2) is 42.9 Å². The summed E-state index contributed by atoms with van der Waals surface area (Å²) in [7, 11) is -3.87. The molecule has 0 saturated carbocycles. The van der Waals surface area contributed by atoms with E-state index in [0.717, 1.165) is 29.0 Å². The zero-order valence-electron chi connectivity index (χ0n) is 18.3. The fourth-order valence-electron chi connectivity index (χ4n) is 5.01. The quantitative estimate of drug-likeness (QED) is 0.500. The maximum Gasteiger partial charge on any atom is 0.250 e. The molecule has 2 aliphatic heterocycles. The SMILES string of the molecule is O=C([C@H](Cc1ccccc1)NS(=O)(=O)c1ccc(Br)s1)N1C[C@H]2C[C@@H](C1)c1cccc(=O)n1C2. The number of pyridine rings is 1. The van der Waals surface area contributed by atoms with Gasteiger partial charge < -0.3 is 9.47 Å². The van der Waals surface area contributed by atoms with Crippen molar-refractivity contribution in [3.63, 3.8) is 0 Å². The van der Waals surface area contributed by atoms with E-state index in [2.05, 4.69) is 20.7 Å². The summed E-state index contributed by atoms with van der Waals surface area (Å²) < 4.78 is 31.6. The van der Waals surface area contributed by atoms with Gasteiger partial charge in [-0.1, -0.05) is 36.4 Å². The summed E-state index contributed by atoms with van der Waals surface area (Å²) in [4.78, 5) is 27.8. The number of likely N-dealkylation sites (tertiary alicyclic amines) is 1. The van der Waals surface area contributed by atoms with Gasteiger partial charge in [-0.2, -0.15) is 4.72 Å².